The molecule has 0 spiro atoms. The van der Waals surface area contributed by atoms with Crippen molar-refractivity contribution in [2.45, 2.75) is 6.92 Å². The molecule has 2 aromatic rings. The van der Waals surface area contributed by atoms with Crippen LogP contribution >= 0.6 is 11.6 Å². The zero-order chi connectivity index (χ0) is 16.9. The molecule has 1 aliphatic heterocycles. The van der Waals surface area contributed by atoms with E-state index < -0.39 is 0 Å². The lowest BCUT2D eigenvalue weighted by atomic mass is 10.2. The molecule has 2 heterocycles. The van der Waals surface area contributed by atoms with Crippen molar-refractivity contribution in [1.29, 1.82) is 0 Å². The average molecular weight is 346 g/mol. The molecular formula is C17H20ClN5O. The summed E-state index contributed by atoms with van der Waals surface area (Å²) < 4.78 is 0. The van der Waals surface area contributed by atoms with E-state index in [4.69, 9.17) is 11.6 Å². The highest BCUT2D eigenvalue weighted by Gasteiger charge is 2.22. The lowest BCUT2D eigenvalue weighted by Gasteiger charge is -2.33. The van der Waals surface area contributed by atoms with E-state index in [1.807, 2.05) is 17.0 Å². The van der Waals surface area contributed by atoms with Gasteiger partial charge in [-0.1, -0.05) is 24.6 Å². The Morgan fingerprint density at radius 1 is 1.21 bits per heavy atom. The lowest BCUT2D eigenvalue weighted by Crippen LogP contribution is -2.48. The molecule has 0 aliphatic carbocycles. The summed E-state index contributed by atoms with van der Waals surface area (Å²) in [7, 11) is 0. The molecule has 1 aromatic heterocycles. The van der Waals surface area contributed by atoms with Crippen molar-refractivity contribution in [3.8, 4) is 0 Å². The SMILES string of the molecule is CCN1CCN(C(=O)c2cc(Nc3cccc(Cl)c3)ncn2)CC1. The number of carbonyl (C=O) groups excluding carboxylic acids is 1. The molecule has 0 unspecified atom stereocenters. The highest BCUT2D eigenvalue weighted by atomic mass is 35.5. The number of hydrogen-bond donors (Lipinski definition) is 1. The van der Waals surface area contributed by atoms with E-state index in [2.05, 4.69) is 27.1 Å². The van der Waals surface area contributed by atoms with Crippen LogP contribution in [0.25, 0.3) is 0 Å². The van der Waals surface area contributed by atoms with Crippen LogP contribution in [0.5, 0.6) is 0 Å². The first kappa shape index (κ1) is 16.7. The van der Waals surface area contributed by atoms with Gasteiger partial charge in [-0.3, -0.25) is 4.79 Å². The minimum absolute atomic E-state index is 0.0534. The molecule has 0 radical (unpaired) electrons. The first-order valence-electron chi connectivity index (χ1n) is 8.02. The fourth-order valence-corrected chi connectivity index (χ4v) is 2.88. The van der Waals surface area contributed by atoms with Crippen LogP contribution in [0, 0.1) is 0 Å². The maximum atomic E-state index is 12.6. The molecule has 1 aliphatic rings. The van der Waals surface area contributed by atoms with Crippen molar-refractivity contribution in [2.75, 3.05) is 38.0 Å². The third kappa shape index (κ3) is 4.01. The van der Waals surface area contributed by atoms with Crippen molar-refractivity contribution >= 4 is 29.0 Å². The van der Waals surface area contributed by atoms with E-state index in [1.165, 1.54) is 6.33 Å². The van der Waals surface area contributed by atoms with Gasteiger partial charge in [0.1, 0.15) is 17.8 Å². The summed E-state index contributed by atoms with van der Waals surface area (Å²) in [5.74, 6) is 0.519. The Morgan fingerprint density at radius 3 is 2.71 bits per heavy atom. The van der Waals surface area contributed by atoms with Gasteiger partial charge in [0.25, 0.3) is 5.91 Å². The number of piperazine rings is 1. The van der Waals surface area contributed by atoms with Crippen molar-refractivity contribution in [3.05, 3.63) is 47.4 Å². The molecule has 1 aromatic carbocycles. The zero-order valence-electron chi connectivity index (χ0n) is 13.6. The van der Waals surface area contributed by atoms with Gasteiger partial charge in [-0.25, -0.2) is 9.97 Å². The number of nitrogens with zero attached hydrogens (tertiary/aromatic N) is 4. The van der Waals surface area contributed by atoms with Gasteiger partial charge in [0.05, 0.1) is 0 Å². The Kier molecular flexibility index (Phi) is 5.27. The Morgan fingerprint density at radius 2 is 2.00 bits per heavy atom. The number of anilines is 2. The first-order chi connectivity index (χ1) is 11.7. The number of halogens is 1. The molecule has 7 heteroatoms. The summed E-state index contributed by atoms with van der Waals surface area (Å²) in [6.07, 6.45) is 1.41. The normalized spacial score (nSPS) is 15.3. The van der Waals surface area contributed by atoms with Gasteiger partial charge in [0, 0.05) is 43.0 Å². The lowest BCUT2D eigenvalue weighted by molar-refractivity contribution is 0.0637. The number of rotatable bonds is 4. The third-order valence-electron chi connectivity index (χ3n) is 4.09. The van der Waals surface area contributed by atoms with Crippen LogP contribution in [0.4, 0.5) is 11.5 Å². The molecule has 24 heavy (non-hydrogen) atoms. The minimum Gasteiger partial charge on any atom is -0.340 e. The maximum absolute atomic E-state index is 12.6. The minimum atomic E-state index is -0.0534. The highest BCUT2D eigenvalue weighted by Crippen LogP contribution is 2.19. The van der Waals surface area contributed by atoms with Crippen LogP contribution in [-0.2, 0) is 0 Å². The van der Waals surface area contributed by atoms with Gasteiger partial charge in [0.15, 0.2) is 0 Å². The van der Waals surface area contributed by atoms with Gasteiger partial charge in [0.2, 0.25) is 0 Å². The van der Waals surface area contributed by atoms with Gasteiger partial charge >= 0.3 is 0 Å². The number of benzene rings is 1. The highest BCUT2D eigenvalue weighted by molar-refractivity contribution is 6.30. The second-order valence-electron chi connectivity index (χ2n) is 5.65. The fraction of sp³-hybridized carbons (Fsp3) is 0.353. The molecule has 1 fully saturated rings. The average Bonchev–Trinajstić information content (AvgIpc) is 2.61. The van der Waals surface area contributed by atoms with Crippen LogP contribution in [0.15, 0.2) is 36.7 Å². The monoisotopic (exact) mass is 345 g/mol. The molecule has 0 saturated carbocycles. The first-order valence-corrected chi connectivity index (χ1v) is 8.40. The van der Waals surface area contributed by atoms with E-state index >= 15 is 0 Å². The van der Waals surface area contributed by atoms with Crippen LogP contribution in [-0.4, -0.2) is 58.4 Å². The summed E-state index contributed by atoms with van der Waals surface area (Å²) in [5, 5.41) is 3.78. The molecule has 0 atom stereocenters. The summed E-state index contributed by atoms with van der Waals surface area (Å²) in [6, 6.07) is 9.02. The fourth-order valence-electron chi connectivity index (χ4n) is 2.69. The number of hydrogen-bond acceptors (Lipinski definition) is 5. The summed E-state index contributed by atoms with van der Waals surface area (Å²) >= 11 is 5.98. The molecular weight excluding hydrogens is 326 g/mol. The molecule has 3 rings (SSSR count). The van der Waals surface area contributed by atoms with E-state index in [1.54, 1.807) is 18.2 Å². The van der Waals surface area contributed by atoms with Gasteiger partial charge in [-0.2, -0.15) is 0 Å². The Labute approximate surface area is 146 Å². The van der Waals surface area contributed by atoms with E-state index in [0.717, 1.165) is 38.4 Å². The third-order valence-corrected chi connectivity index (χ3v) is 4.33. The Bertz CT molecular complexity index is 716. The quantitative estimate of drug-likeness (QED) is 0.923. The number of nitrogens with one attached hydrogen (secondary N) is 1. The maximum Gasteiger partial charge on any atom is 0.272 e. The topological polar surface area (TPSA) is 61.4 Å². The van der Waals surface area contributed by atoms with Crippen LogP contribution < -0.4 is 5.32 Å². The van der Waals surface area contributed by atoms with E-state index in [-0.39, 0.29) is 5.91 Å². The molecule has 6 nitrogen and oxygen atoms in total. The predicted molar refractivity (Wildman–Crippen MR) is 94.8 cm³/mol. The van der Waals surface area contributed by atoms with E-state index in [9.17, 15) is 4.79 Å². The molecule has 1 N–H and O–H groups in total. The molecule has 1 amide bonds. The van der Waals surface area contributed by atoms with Crippen LogP contribution in [0.3, 0.4) is 0 Å². The standard InChI is InChI=1S/C17H20ClN5O/c1-2-22-6-8-23(9-7-22)17(24)15-11-16(20-12-19-15)21-14-5-3-4-13(18)10-14/h3-5,10-12H,2,6-9H2,1H3,(H,19,20,21). The van der Waals surface area contributed by atoms with Crippen molar-refractivity contribution in [3.63, 3.8) is 0 Å². The molecule has 1 saturated heterocycles. The van der Waals surface area contributed by atoms with Crippen molar-refractivity contribution in [1.82, 2.24) is 19.8 Å². The van der Waals surface area contributed by atoms with Crippen molar-refractivity contribution in [2.24, 2.45) is 0 Å². The zero-order valence-corrected chi connectivity index (χ0v) is 14.3. The summed E-state index contributed by atoms with van der Waals surface area (Å²) in [4.78, 5) is 25.1. The largest absolute Gasteiger partial charge is 0.340 e. The van der Waals surface area contributed by atoms with Crippen LogP contribution in [0.2, 0.25) is 5.02 Å². The Hall–Kier alpha value is -2.18. The second-order valence-corrected chi connectivity index (χ2v) is 6.09. The van der Waals surface area contributed by atoms with Gasteiger partial charge in [-0.15, -0.1) is 0 Å². The second kappa shape index (κ2) is 7.59. The molecule has 0 bridgehead atoms. The molecule has 126 valence electrons. The predicted octanol–water partition coefficient (Wildman–Crippen LogP) is 2.65. The summed E-state index contributed by atoms with van der Waals surface area (Å²) in [6.45, 7) is 6.42. The van der Waals surface area contributed by atoms with E-state index in [0.29, 0.717) is 16.5 Å². The summed E-state index contributed by atoms with van der Waals surface area (Å²) in [5.41, 5.74) is 1.22. The number of amides is 1. The van der Waals surface area contributed by atoms with Crippen LogP contribution in [0.1, 0.15) is 17.4 Å². The van der Waals surface area contributed by atoms with Gasteiger partial charge in [-0.05, 0) is 24.7 Å². The number of aromatic nitrogens is 2. The number of carbonyl (C=O) groups is 1. The van der Waals surface area contributed by atoms with Gasteiger partial charge < -0.3 is 15.1 Å². The Balaban J connectivity index is 1.69. The smallest absolute Gasteiger partial charge is 0.272 e. The number of likely N-dealkylation sites (N-methyl/N-ethyl adjacent to an activating group) is 1. The van der Waals surface area contributed by atoms with Crippen molar-refractivity contribution < 1.29 is 4.79 Å².